The van der Waals surface area contributed by atoms with E-state index in [1.54, 1.807) is 36.6 Å². The third-order valence-electron chi connectivity index (χ3n) is 3.47. The topological polar surface area (TPSA) is 54.5 Å². The van der Waals surface area contributed by atoms with E-state index in [1.165, 1.54) is 11.0 Å². The first-order valence-electron chi connectivity index (χ1n) is 6.89. The fraction of sp³-hybridized carbons (Fsp3) is 0.312. The second-order valence-corrected chi connectivity index (χ2v) is 8.34. The molecule has 0 unspecified atom stereocenters. The molecule has 1 aromatic heterocycles. The Morgan fingerprint density at radius 2 is 1.91 bits per heavy atom. The molecular formula is C16H19NO3S2. The molecule has 0 N–H and O–H groups in total. The van der Waals surface area contributed by atoms with Crippen molar-refractivity contribution >= 4 is 32.8 Å². The average Bonchev–Trinajstić information content (AvgIpc) is 2.97. The number of carbonyl (C=O) groups excluding carboxylic acids is 1. The quantitative estimate of drug-likeness (QED) is 0.843. The van der Waals surface area contributed by atoms with E-state index < -0.39 is 9.84 Å². The summed E-state index contributed by atoms with van der Waals surface area (Å²) in [5, 5.41) is 1.98. The number of para-hydroxylation sites is 1. The Morgan fingerprint density at radius 3 is 2.50 bits per heavy atom. The van der Waals surface area contributed by atoms with Crippen molar-refractivity contribution in [1.82, 2.24) is 0 Å². The molecule has 118 valence electrons. The fourth-order valence-electron chi connectivity index (χ4n) is 2.31. The van der Waals surface area contributed by atoms with E-state index in [9.17, 15) is 13.2 Å². The summed E-state index contributed by atoms with van der Waals surface area (Å²) in [6.45, 7) is 1.86. The average molecular weight is 337 g/mol. The molecule has 0 spiro atoms. The zero-order valence-corrected chi connectivity index (χ0v) is 14.4. The summed E-state index contributed by atoms with van der Waals surface area (Å²) in [6.07, 6.45) is 1.81. The second-order valence-electron chi connectivity index (χ2n) is 5.32. The van der Waals surface area contributed by atoms with Gasteiger partial charge in [-0.05, 0) is 30.0 Å². The van der Waals surface area contributed by atoms with Gasteiger partial charge in [0.05, 0.1) is 10.6 Å². The summed E-state index contributed by atoms with van der Waals surface area (Å²) >= 11 is 1.62. The number of hydrogen-bond acceptors (Lipinski definition) is 4. The summed E-state index contributed by atoms with van der Waals surface area (Å²) in [7, 11) is -1.76. The first-order chi connectivity index (χ1) is 10.3. The van der Waals surface area contributed by atoms with Gasteiger partial charge in [-0.3, -0.25) is 4.79 Å². The number of nitrogens with zero attached hydrogens (tertiary/aromatic N) is 1. The lowest BCUT2D eigenvalue weighted by Crippen LogP contribution is -2.33. The fourth-order valence-corrected chi connectivity index (χ4v) is 4.06. The van der Waals surface area contributed by atoms with Crippen molar-refractivity contribution in [2.24, 2.45) is 5.92 Å². The largest absolute Gasteiger partial charge is 0.314 e. The van der Waals surface area contributed by atoms with Gasteiger partial charge in [-0.2, -0.15) is 0 Å². The van der Waals surface area contributed by atoms with Crippen LogP contribution in [0.3, 0.4) is 0 Å². The number of benzene rings is 1. The smallest absolute Gasteiger partial charge is 0.229 e. The molecule has 0 aliphatic rings. The van der Waals surface area contributed by atoms with Gasteiger partial charge in [-0.15, -0.1) is 11.3 Å². The molecule has 0 radical (unpaired) electrons. The highest BCUT2D eigenvalue weighted by molar-refractivity contribution is 7.90. The van der Waals surface area contributed by atoms with Gasteiger partial charge in [0.2, 0.25) is 5.91 Å². The van der Waals surface area contributed by atoms with Crippen LogP contribution in [0.15, 0.2) is 46.7 Å². The van der Waals surface area contributed by atoms with Crippen LogP contribution in [0, 0.1) is 5.92 Å². The van der Waals surface area contributed by atoms with Crippen LogP contribution in [0.4, 0.5) is 5.69 Å². The Labute approximate surface area is 135 Å². The standard InChI is InChI=1S/C16H19NO3S2/c1-12(11-13-7-6-10-21-13)16(18)17(2)14-8-4-5-9-15(14)22(3,19)20/h4-10,12H,11H2,1-3H3/t12-/m0/s1. The van der Waals surface area contributed by atoms with Crippen molar-refractivity contribution in [3.8, 4) is 0 Å². The summed E-state index contributed by atoms with van der Waals surface area (Å²) in [4.78, 5) is 15.3. The van der Waals surface area contributed by atoms with Crippen molar-refractivity contribution in [2.45, 2.75) is 18.2 Å². The van der Waals surface area contributed by atoms with E-state index in [0.717, 1.165) is 11.1 Å². The third kappa shape index (κ3) is 3.75. The Kier molecular flexibility index (Phi) is 5.03. The van der Waals surface area contributed by atoms with Crippen molar-refractivity contribution in [3.05, 3.63) is 46.7 Å². The van der Waals surface area contributed by atoms with Crippen molar-refractivity contribution in [3.63, 3.8) is 0 Å². The lowest BCUT2D eigenvalue weighted by molar-refractivity contribution is -0.121. The van der Waals surface area contributed by atoms with Crippen molar-refractivity contribution in [2.75, 3.05) is 18.2 Å². The maximum atomic E-state index is 12.6. The molecule has 1 aromatic carbocycles. The Hall–Kier alpha value is -1.66. The van der Waals surface area contributed by atoms with Crippen LogP contribution in [0.5, 0.6) is 0 Å². The van der Waals surface area contributed by atoms with E-state index in [1.807, 2.05) is 24.4 Å². The molecule has 22 heavy (non-hydrogen) atoms. The minimum absolute atomic E-state index is 0.0931. The number of anilines is 1. The number of rotatable bonds is 5. The van der Waals surface area contributed by atoms with Crippen LogP contribution in [-0.2, 0) is 21.1 Å². The summed E-state index contributed by atoms with van der Waals surface area (Å²) < 4.78 is 23.7. The van der Waals surface area contributed by atoms with Gasteiger partial charge in [0.25, 0.3) is 0 Å². The lowest BCUT2D eigenvalue weighted by atomic mass is 10.1. The second kappa shape index (κ2) is 6.62. The summed E-state index contributed by atoms with van der Waals surface area (Å²) in [5.41, 5.74) is 0.424. The van der Waals surface area contributed by atoms with E-state index in [-0.39, 0.29) is 16.7 Å². The van der Waals surface area contributed by atoms with E-state index in [2.05, 4.69) is 0 Å². The number of thiophene rings is 1. The predicted octanol–water partition coefficient (Wildman–Crippen LogP) is 2.99. The number of amides is 1. The van der Waals surface area contributed by atoms with Crippen LogP contribution < -0.4 is 4.90 Å². The lowest BCUT2D eigenvalue weighted by Gasteiger charge is -2.23. The van der Waals surface area contributed by atoms with Crippen LogP contribution in [0.25, 0.3) is 0 Å². The SMILES string of the molecule is C[C@@H](Cc1cccs1)C(=O)N(C)c1ccccc1S(C)(=O)=O. The maximum absolute atomic E-state index is 12.6. The maximum Gasteiger partial charge on any atom is 0.229 e. The monoisotopic (exact) mass is 337 g/mol. The van der Waals surface area contributed by atoms with E-state index in [0.29, 0.717) is 12.1 Å². The zero-order chi connectivity index (χ0) is 16.3. The Bertz CT molecular complexity index is 751. The van der Waals surface area contributed by atoms with Crippen LogP contribution in [0.2, 0.25) is 0 Å². The molecule has 2 rings (SSSR count). The van der Waals surface area contributed by atoms with E-state index in [4.69, 9.17) is 0 Å². The molecule has 2 aromatic rings. The minimum Gasteiger partial charge on any atom is -0.314 e. The predicted molar refractivity (Wildman–Crippen MR) is 90.1 cm³/mol. The van der Waals surface area contributed by atoms with Gasteiger partial charge in [-0.25, -0.2) is 8.42 Å². The Morgan fingerprint density at radius 1 is 1.23 bits per heavy atom. The number of carbonyl (C=O) groups is 1. The first kappa shape index (κ1) is 16.7. The minimum atomic E-state index is -3.38. The normalized spacial score (nSPS) is 12.9. The van der Waals surface area contributed by atoms with Gasteiger partial charge >= 0.3 is 0 Å². The van der Waals surface area contributed by atoms with Crippen LogP contribution in [0.1, 0.15) is 11.8 Å². The highest BCUT2D eigenvalue weighted by Crippen LogP contribution is 2.26. The van der Waals surface area contributed by atoms with Gasteiger partial charge in [0.15, 0.2) is 9.84 Å². The van der Waals surface area contributed by atoms with Crippen molar-refractivity contribution < 1.29 is 13.2 Å². The van der Waals surface area contributed by atoms with Crippen LogP contribution in [-0.4, -0.2) is 27.6 Å². The highest BCUT2D eigenvalue weighted by atomic mass is 32.2. The summed E-state index contributed by atoms with van der Waals surface area (Å²) in [5.74, 6) is -0.305. The number of hydrogen-bond donors (Lipinski definition) is 0. The molecular weight excluding hydrogens is 318 g/mol. The molecule has 0 aliphatic carbocycles. The highest BCUT2D eigenvalue weighted by Gasteiger charge is 2.23. The van der Waals surface area contributed by atoms with Gasteiger partial charge in [0, 0.05) is 24.1 Å². The molecule has 0 aliphatic heterocycles. The summed E-state index contributed by atoms with van der Waals surface area (Å²) in [6, 6.07) is 10.5. The molecule has 1 heterocycles. The van der Waals surface area contributed by atoms with Gasteiger partial charge in [-0.1, -0.05) is 25.1 Å². The van der Waals surface area contributed by atoms with Crippen molar-refractivity contribution in [1.29, 1.82) is 0 Å². The molecule has 0 fully saturated rings. The first-order valence-corrected chi connectivity index (χ1v) is 9.67. The Balaban J connectivity index is 2.24. The van der Waals surface area contributed by atoms with Gasteiger partial charge < -0.3 is 4.90 Å². The molecule has 0 saturated heterocycles. The molecule has 0 bridgehead atoms. The van der Waals surface area contributed by atoms with E-state index >= 15 is 0 Å². The van der Waals surface area contributed by atoms with Gasteiger partial charge in [0.1, 0.15) is 0 Å². The van der Waals surface area contributed by atoms with Crippen LogP contribution >= 0.6 is 11.3 Å². The molecule has 0 saturated carbocycles. The number of sulfone groups is 1. The third-order valence-corrected chi connectivity index (χ3v) is 5.51. The molecule has 1 amide bonds. The molecule has 1 atom stereocenters. The zero-order valence-electron chi connectivity index (χ0n) is 12.8. The molecule has 4 nitrogen and oxygen atoms in total. The molecule has 6 heteroatoms.